The maximum absolute atomic E-state index is 13.2. The fraction of sp³-hybridized carbons (Fsp3) is 0.107. The zero-order valence-electron chi connectivity index (χ0n) is 21.0. The van der Waals surface area contributed by atoms with Crippen molar-refractivity contribution < 1.29 is 34.1 Å². The summed E-state index contributed by atoms with van der Waals surface area (Å²) in [6, 6.07) is 19.8. The molecule has 0 atom stereocenters. The molecule has 1 heterocycles. The molecule has 0 bridgehead atoms. The van der Waals surface area contributed by atoms with Crippen LogP contribution in [0.4, 0.5) is 5.69 Å². The van der Waals surface area contributed by atoms with Crippen molar-refractivity contribution in [3.63, 3.8) is 0 Å². The lowest BCUT2D eigenvalue weighted by Crippen LogP contribution is -2.26. The second-order valence-electron chi connectivity index (χ2n) is 8.17. The molecule has 0 radical (unpaired) electrons. The van der Waals surface area contributed by atoms with Crippen LogP contribution < -0.4 is 14.8 Å². The predicted molar refractivity (Wildman–Crippen MR) is 142 cm³/mol. The molecule has 0 spiro atoms. The van der Waals surface area contributed by atoms with Crippen LogP contribution in [0, 0.1) is 0 Å². The van der Waals surface area contributed by atoms with Crippen LogP contribution >= 0.6 is 0 Å². The molecule has 0 aliphatic rings. The molecule has 3 N–H and O–H groups in total. The fourth-order valence-corrected chi connectivity index (χ4v) is 3.86. The number of nitrogens with zero attached hydrogens (tertiary/aromatic N) is 3. The number of amides is 2. The Morgan fingerprint density at radius 3 is 2.33 bits per heavy atom. The number of benzene rings is 3. The van der Waals surface area contributed by atoms with Gasteiger partial charge in [-0.05, 0) is 42.0 Å². The molecule has 4 rings (SSSR count). The number of carboxylic acids is 1. The number of methoxy groups -OCH3 is 2. The van der Waals surface area contributed by atoms with E-state index in [-0.39, 0.29) is 11.4 Å². The summed E-state index contributed by atoms with van der Waals surface area (Å²) in [5.41, 5.74) is 0.932. The van der Waals surface area contributed by atoms with Gasteiger partial charge in [-0.1, -0.05) is 42.5 Å². The molecule has 0 saturated carbocycles. The second-order valence-corrected chi connectivity index (χ2v) is 8.17. The molecule has 11 nitrogen and oxygen atoms in total. The SMILES string of the molecule is COc1ccc(/C=C(\NC(=O)c2ccccc2)C(=O)N=Nc2c(O)n(CC(=O)O)c3ccccc23)cc1OC. The lowest BCUT2D eigenvalue weighted by atomic mass is 10.1. The molecule has 11 heteroatoms. The molecule has 0 unspecified atom stereocenters. The lowest BCUT2D eigenvalue weighted by molar-refractivity contribution is -0.137. The smallest absolute Gasteiger partial charge is 0.323 e. The number of para-hydroxylation sites is 1. The highest BCUT2D eigenvalue weighted by Gasteiger charge is 2.20. The number of nitrogens with one attached hydrogen (secondary N) is 1. The second kappa shape index (κ2) is 11.7. The molecule has 0 aliphatic carbocycles. The summed E-state index contributed by atoms with van der Waals surface area (Å²) in [5, 5.41) is 30.6. The number of hydrogen-bond donors (Lipinski definition) is 3. The molecule has 2 amide bonds. The van der Waals surface area contributed by atoms with Crippen molar-refractivity contribution in [1.29, 1.82) is 0 Å². The maximum Gasteiger partial charge on any atom is 0.323 e. The van der Waals surface area contributed by atoms with Gasteiger partial charge in [-0.2, -0.15) is 0 Å². The zero-order chi connectivity index (χ0) is 27.9. The third-order valence-electron chi connectivity index (χ3n) is 5.68. The first-order valence-corrected chi connectivity index (χ1v) is 11.6. The average molecular weight is 529 g/mol. The molecule has 0 saturated heterocycles. The summed E-state index contributed by atoms with van der Waals surface area (Å²) in [6.07, 6.45) is 1.40. The van der Waals surface area contributed by atoms with Gasteiger partial charge in [-0.15, -0.1) is 10.2 Å². The van der Waals surface area contributed by atoms with Crippen molar-refractivity contribution in [1.82, 2.24) is 9.88 Å². The van der Waals surface area contributed by atoms with Crippen molar-refractivity contribution in [2.45, 2.75) is 6.54 Å². The van der Waals surface area contributed by atoms with E-state index in [2.05, 4.69) is 15.5 Å². The Bertz CT molecular complexity index is 1610. The Kier molecular flexibility index (Phi) is 8.00. The molecule has 198 valence electrons. The standard InChI is InChI=1S/C28H24N4O7/c1-38-22-13-12-17(15-23(22)39-2)14-20(29-26(35)18-8-4-3-5-9-18)27(36)31-30-25-19-10-6-7-11-21(19)32(28(25)37)16-24(33)34/h3-15,37H,16H2,1-2H3,(H,29,35)(H,33,34)/b20-14-,31-30?. The number of carboxylic acid groups (broad SMARTS) is 1. The first-order valence-electron chi connectivity index (χ1n) is 11.6. The largest absolute Gasteiger partial charge is 0.493 e. The summed E-state index contributed by atoms with van der Waals surface area (Å²) in [7, 11) is 2.96. The van der Waals surface area contributed by atoms with E-state index < -0.39 is 30.2 Å². The third-order valence-corrected chi connectivity index (χ3v) is 5.68. The number of carbonyl (C=O) groups is 3. The van der Waals surface area contributed by atoms with Crippen LogP contribution in [-0.4, -0.2) is 46.8 Å². The van der Waals surface area contributed by atoms with Crippen LogP contribution in [0.1, 0.15) is 15.9 Å². The van der Waals surface area contributed by atoms with Gasteiger partial charge in [-0.3, -0.25) is 19.0 Å². The summed E-state index contributed by atoms with van der Waals surface area (Å²) in [5.74, 6) is -2.22. The quantitative estimate of drug-likeness (QED) is 0.213. The predicted octanol–water partition coefficient (Wildman–Crippen LogP) is 4.53. The van der Waals surface area contributed by atoms with Crippen molar-refractivity contribution in [3.8, 4) is 17.4 Å². The molecule has 1 aromatic heterocycles. The maximum atomic E-state index is 13.2. The minimum absolute atomic E-state index is 0.0833. The van der Waals surface area contributed by atoms with Crippen molar-refractivity contribution in [2.75, 3.05) is 14.2 Å². The van der Waals surface area contributed by atoms with Crippen LogP contribution in [0.25, 0.3) is 17.0 Å². The summed E-state index contributed by atoms with van der Waals surface area (Å²) < 4.78 is 11.7. The van der Waals surface area contributed by atoms with E-state index >= 15 is 0 Å². The van der Waals surface area contributed by atoms with Crippen molar-refractivity contribution in [2.24, 2.45) is 10.2 Å². The van der Waals surface area contributed by atoms with E-state index in [0.29, 0.717) is 33.5 Å². The van der Waals surface area contributed by atoms with Gasteiger partial charge in [0.1, 0.15) is 12.2 Å². The Hall–Kier alpha value is -5.45. The Labute approximate surface area is 222 Å². The van der Waals surface area contributed by atoms with Gasteiger partial charge in [-0.25, -0.2) is 0 Å². The Balaban J connectivity index is 1.73. The molecular weight excluding hydrogens is 504 g/mol. The van der Waals surface area contributed by atoms with Gasteiger partial charge in [0.2, 0.25) is 5.88 Å². The van der Waals surface area contributed by atoms with Gasteiger partial charge < -0.3 is 25.0 Å². The lowest BCUT2D eigenvalue weighted by Gasteiger charge is -2.10. The third kappa shape index (κ3) is 5.93. The summed E-state index contributed by atoms with van der Waals surface area (Å²) >= 11 is 0. The molecular formula is C28H24N4O7. The van der Waals surface area contributed by atoms with E-state index in [9.17, 15) is 24.6 Å². The van der Waals surface area contributed by atoms with E-state index in [1.54, 1.807) is 72.8 Å². The van der Waals surface area contributed by atoms with Gasteiger partial charge in [0, 0.05) is 10.9 Å². The number of ether oxygens (including phenoxy) is 2. The van der Waals surface area contributed by atoms with Gasteiger partial charge >= 0.3 is 11.9 Å². The molecule has 0 aliphatic heterocycles. The topological polar surface area (TPSA) is 152 Å². The number of aromatic nitrogens is 1. The number of aromatic hydroxyl groups is 1. The number of aliphatic carboxylic acids is 1. The monoisotopic (exact) mass is 528 g/mol. The van der Waals surface area contributed by atoms with E-state index in [4.69, 9.17) is 9.47 Å². The van der Waals surface area contributed by atoms with Crippen LogP contribution in [0.3, 0.4) is 0 Å². The average Bonchev–Trinajstić information content (AvgIpc) is 3.21. The van der Waals surface area contributed by atoms with Crippen molar-refractivity contribution >= 4 is 40.4 Å². The number of carbonyl (C=O) groups excluding carboxylic acids is 2. The number of fused-ring (bicyclic) bond motifs is 1. The van der Waals surface area contributed by atoms with Crippen LogP contribution in [0.2, 0.25) is 0 Å². The van der Waals surface area contributed by atoms with E-state index in [1.807, 2.05) is 0 Å². The summed E-state index contributed by atoms with van der Waals surface area (Å²) in [4.78, 5) is 37.4. The van der Waals surface area contributed by atoms with Gasteiger partial charge in [0.15, 0.2) is 17.2 Å². The normalized spacial score (nSPS) is 11.5. The number of azo groups is 1. The van der Waals surface area contributed by atoms with Crippen LogP contribution in [-0.2, 0) is 16.1 Å². The highest BCUT2D eigenvalue weighted by Crippen LogP contribution is 2.38. The summed E-state index contributed by atoms with van der Waals surface area (Å²) in [6.45, 7) is -0.520. The first kappa shape index (κ1) is 26.6. The number of rotatable bonds is 9. The molecule has 3 aromatic carbocycles. The van der Waals surface area contributed by atoms with Crippen molar-refractivity contribution in [3.05, 3.63) is 89.6 Å². The van der Waals surface area contributed by atoms with Gasteiger partial charge in [0.05, 0.1) is 19.7 Å². The Morgan fingerprint density at radius 2 is 1.64 bits per heavy atom. The van der Waals surface area contributed by atoms with Crippen LogP contribution in [0.5, 0.6) is 17.4 Å². The van der Waals surface area contributed by atoms with E-state index in [1.165, 1.54) is 20.3 Å². The molecule has 0 fully saturated rings. The molecule has 39 heavy (non-hydrogen) atoms. The molecule has 4 aromatic rings. The highest BCUT2D eigenvalue weighted by molar-refractivity contribution is 6.06. The Morgan fingerprint density at radius 1 is 0.949 bits per heavy atom. The minimum Gasteiger partial charge on any atom is -0.493 e. The fourth-order valence-electron chi connectivity index (χ4n) is 3.86. The number of hydrogen-bond acceptors (Lipinski definition) is 7. The van der Waals surface area contributed by atoms with Gasteiger partial charge in [0.25, 0.3) is 5.91 Å². The van der Waals surface area contributed by atoms with Crippen LogP contribution in [0.15, 0.2) is 88.7 Å². The zero-order valence-corrected chi connectivity index (χ0v) is 21.0. The first-order chi connectivity index (χ1) is 18.8. The highest BCUT2D eigenvalue weighted by atomic mass is 16.5. The van der Waals surface area contributed by atoms with E-state index in [0.717, 1.165) is 4.57 Å². The minimum atomic E-state index is -1.17.